The maximum Gasteiger partial charge on any atom is 0.226 e. The quantitative estimate of drug-likeness (QED) is 0.829. The molecule has 0 N–H and O–H groups in total. The summed E-state index contributed by atoms with van der Waals surface area (Å²) >= 11 is 0. The number of aromatic nitrogens is 3. The van der Waals surface area contributed by atoms with E-state index in [-0.39, 0.29) is 0 Å². The van der Waals surface area contributed by atoms with Crippen LogP contribution >= 0.6 is 0 Å². The molecule has 0 unspecified atom stereocenters. The number of nitrogens with zero attached hydrogens (tertiary/aromatic N) is 6. The Labute approximate surface area is 137 Å². The standard InChI is InChI=1S/C17H24N6/c1-21(2)17-19-8-5-16(20-17)23-12-10-22(11-13-23)9-6-15-4-3-7-18-14-15/h3-5,7-8,14H,6,9-13H2,1-2H3. The van der Waals surface area contributed by atoms with Gasteiger partial charge in [0, 0.05) is 65.4 Å². The zero-order valence-electron chi connectivity index (χ0n) is 13.9. The number of piperazine rings is 1. The van der Waals surface area contributed by atoms with Gasteiger partial charge in [0.25, 0.3) is 0 Å². The second-order valence-electron chi connectivity index (χ2n) is 6.05. The van der Waals surface area contributed by atoms with Crippen molar-refractivity contribution >= 4 is 11.8 Å². The van der Waals surface area contributed by atoms with Crippen LogP contribution in [0.1, 0.15) is 5.56 Å². The third-order valence-electron chi connectivity index (χ3n) is 4.16. The van der Waals surface area contributed by atoms with E-state index in [1.165, 1.54) is 5.56 Å². The molecule has 0 aliphatic carbocycles. The summed E-state index contributed by atoms with van der Waals surface area (Å²) in [6.45, 7) is 5.25. The van der Waals surface area contributed by atoms with E-state index in [0.717, 1.165) is 50.9 Å². The molecule has 0 atom stereocenters. The first kappa shape index (κ1) is 15.7. The van der Waals surface area contributed by atoms with E-state index in [0.29, 0.717) is 0 Å². The molecule has 1 saturated heterocycles. The Balaban J connectivity index is 1.51. The molecule has 1 fully saturated rings. The average Bonchev–Trinajstić information content (AvgIpc) is 2.61. The molecule has 3 heterocycles. The maximum atomic E-state index is 4.63. The second-order valence-corrected chi connectivity index (χ2v) is 6.05. The summed E-state index contributed by atoms with van der Waals surface area (Å²) in [7, 11) is 3.94. The van der Waals surface area contributed by atoms with Crippen molar-refractivity contribution in [3.63, 3.8) is 0 Å². The Kier molecular flexibility index (Phi) is 5.02. The lowest BCUT2D eigenvalue weighted by atomic mass is 10.2. The summed E-state index contributed by atoms with van der Waals surface area (Å²) in [4.78, 5) is 19.9. The largest absolute Gasteiger partial charge is 0.354 e. The van der Waals surface area contributed by atoms with Gasteiger partial charge in [0.15, 0.2) is 0 Å². The van der Waals surface area contributed by atoms with Crippen LogP contribution in [0.5, 0.6) is 0 Å². The van der Waals surface area contributed by atoms with Crippen LogP contribution in [0.15, 0.2) is 36.8 Å². The predicted molar refractivity (Wildman–Crippen MR) is 93.0 cm³/mol. The summed E-state index contributed by atoms with van der Waals surface area (Å²) in [5.74, 6) is 1.79. The van der Waals surface area contributed by atoms with Crippen LogP contribution < -0.4 is 9.80 Å². The van der Waals surface area contributed by atoms with Crippen molar-refractivity contribution in [2.75, 3.05) is 56.6 Å². The fourth-order valence-electron chi connectivity index (χ4n) is 2.76. The Morgan fingerprint density at radius 2 is 1.91 bits per heavy atom. The van der Waals surface area contributed by atoms with E-state index in [9.17, 15) is 0 Å². The maximum absolute atomic E-state index is 4.63. The smallest absolute Gasteiger partial charge is 0.226 e. The van der Waals surface area contributed by atoms with Gasteiger partial charge in [-0.2, -0.15) is 4.98 Å². The number of rotatable bonds is 5. The molecule has 122 valence electrons. The molecule has 23 heavy (non-hydrogen) atoms. The van der Waals surface area contributed by atoms with Gasteiger partial charge in [-0.1, -0.05) is 6.07 Å². The molecule has 2 aromatic heterocycles. The van der Waals surface area contributed by atoms with E-state index in [1.54, 1.807) is 0 Å². The van der Waals surface area contributed by atoms with Crippen molar-refractivity contribution in [1.82, 2.24) is 19.9 Å². The second kappa shape index (κ2) is 7.37. The first-order chi connectivity index (χ1) is 11.2. The molecule has 0 radical (unpaired) electrons. The summed E-state index contributed by atoms with van der Waals surface area (Å²) < 4.78 is 0. The minimum Gasteiger partial charge on any atom is -0.354 e. The third-order valence-corrected chi connectivity index (χ3v) is 4.16. The molecular formula is C17H24N6. The van der Waals surface area contributed by atoms with Crippen LogP contribution in [0.4, 0.5) is 11.8 Å². The summed E-state index contributed by atoms with van der Waals surface area (Å²) in [6, 6.07) is 6.15. The fourth-order valence-corrected chi connectivity index (χ4v) is 2.76. The van der Waals surface area contributed by atoms with Crippen LogP contribution in [0.25, 0.3) is 0 Å². The number of hydrogen-bond donors (Lipinski definition) is 0. The minimum atomic E-state index is 0.765. The van der Waals surface area contributed by atoms with Crippen molar-refractivity contribution < 1.29 is 0 Å². The molecule has 0 aromatic carbocycles. The van der Waals surface area contributed by atoms with Crippen molar-refractivity contribution in [2.24, 2.45) is 0 Å². The molecular weight excluding hydrogens is 288 g/mol. The Morgan fingerprint density at radius 1 is 1.09 bits per heavy atom. The van der Waals surface area contributed by atoms with Crippen molar-refractivity contribution in [3.8, 4) is 0 Å². The fraction of sp³-hybridized carbons (Fsp3) is 0.471. The van der Waals surface area contributed by atoms with Gasteiger partial charge >= 0.3 is 0 Å². The normalized spacial score (nSPS) is 15.7. The van der Waals surface area contributed by atoms with Crippen LogP contribution in [0.3, 0.4) is 0 Å². The summed E-state index contributed by atoms with van der Waals surface area (Å²) in [5.41, 5.74) is 1.31. The van der Waals surface area contributed by atoms with Crippen molar-refractivity contribution in [3.05, 3.63) is 42.4 Å². The molecule has 0 bridgehead atoms. The molecule has 2 aromatic rings. The number of hydrogen-bond acceptors (Lipinski definition) is 6. The van der Waals surface area contributed by atoms with E-state index < -0.39 is 0 Å². The van der Waals surface area contributed by atoms with Gasteiger partial charge in [0.2, 0.25) is 5.95 Å². The predicted octanol–water partition coefficient (Wildman–Crippen LogP) is 1.30. The Morgan fingerprint density at radius 3 is 2.61 bits per heavy atom. The molecule has 6 nitrogen and oxygen atoms in total. The van der Waals surface area contributed by atoms with E-state index >= 15 is 0 Å². The van der Waals surface area contributed by atoms with Gasteiger partial charge in [-0.15, -0.1) is 0 Å². The summed E-state index contributed by atoms with van der Waals surface area (Å²) in [6.07, 6.45) is 6.68. The highest BCUT2D eigenvalue weighted by Gasteiger charge is 2.18. The van der Waals surface area contributed by atoms with Gasteiger partial charge in [-0.05, 0) is 24.1 Å². The van der Waals surface area contributed by atoms with Gasteiger partial charge < -0.3 is 9.80 Å². The number of anilines is 2. The van der Waals surface area contributed by atoms with Gasteiger partial charge in [-0.25, -0.2) is 4.98 Å². The lowest BCUT2D eigenvalue weighted by Gasteiger charge is -2.35. The highest BCUT2D eigenvalue weighted by atomic mass is 15.3. The third kappa shape index (κ3) is 4.16. The molecule has 1 aliphatic heterocycles. The highest BCUT2D eigenvalue weighted by Crippen LogP contribution is 2.16. The molecule has 3 rings (SSSR count). The monoisotopic (exact) mass is 312 g/mol. The van der Waals surface area contributed by atoms with Crippen molar-refractivity contribution in [2.45, 2.75) is 6.42 Å². The van der Waals surface area contributed by atoms with Crippen LogP contribution in [0, 0.1) is 0 Å². The topological polar surface area (TPSA) is 48.4 Å². The lowest BCUT2D eigenvalue weighted by Crippen LogP contribution is -2.47. The van der Waals surface area contributed by atoms with Crippen LogP contribution in [-0.4, -0.2) is 66.7 Å². The molecule has 6 heteroatoms. The Bertz CT molecular complexity index is 607. The van der Waals surface area contributed by atoms with E-state index in [4.69, 9.17) is 0 Å². The van der Waals surface area contributed by atoms with Crippen molar-refractivity contribution in [1.29, 1.82) is 0 Å². The molecule has 1 aliphatic rings. The highest BCUT2D eigenvalue weighted by molar-refractivity contribution is 5.43. The van der Waals surface area contributed by atoms with Crippen LogP contribution in [-0.2, 0) is 6.42 Å². The molecule has 0 amide bonds. The molecule has 0 spiro atoms. The molecule has 0 saturated carbocycles. The summed E-state index contributed by atoms with van der Waals surface area (Å²) in [5, 5.41) is 0. The Hall–Kier alpha value is -2.21. The first-order valence-corrected chi connectivity index (χ1v) is 8.09. The van der Waals surface area contributed by atoms with Gasteiger partial charge in [-0.3, -0.25) is 9.88 Å². The van der Waals surface area contributed by atoms with Gasteiger partial charge in [0.05, 0.1) is 0 Å². The first-order valence-electron chi connectivity index (χ1n) is 8.09. The zero-order valence-corrected chi connectivity index (χ0v) is 13.9. The lowest BCUT2D eigenvalue weighted by molar-refractivity contribution is 0.260. The van der Waals surface area contributed by atoms with E-state index in [2.05, 4.69) is 30.8 Å². The number of pyridine rings is 1. The SMILES string of the molecule is CN(C)c1nccc(N2CCN(CCc3cccnc3)CC2)n1. The van der Waals surface area contributed by atoms with Gasteiger partial charge in [0.1, 0.15) is 5.82 Å². The average molecular weight is 312 g/mol. The van der Waals surface area contributed by atoms with E-state index in [1.807, 2.05) is 49.7 Å². The van der Waals surface area contributed by atoms with Crippen LogP contribution in [0.2, 0.25) is 0 Å². The minimum absolute atomic E-state index is 0.765. The zero-order chi connectivity index (χ0) is 16.1.